The van der Waals surface area contributed by atoms with E-state index in [1.807, 2.05) is 0 Å². The molecular formula is C18H31NOS. The molecule has 1 N–H and O–H groups in total. The summed E-state index contributed by atoms with van der Waals surface area (Å²) in [5.41, 5.74) is 5.22. The molecule has 0 saturated carbocycles. The first-order chi connectivity index (χ1) is 9.77. The third kappa shape index (κ3) is 4.93. The van der Waals surface area contributed by atoms with Crippen molar-refractivity contribution in [3.63, 3.8) is 0 Å². The van der Waals surface area contributed by atoms with Crippen LogP contribution in [0.15, 0.2) is 12.1 Å². The zero-order valence-electron chi connectivity index (χ0n) is 14.6. The summed E-state index contributed by atoms with van der Waals surface area (Å²) in [5, 5.41) is 3.77. The number of hydrogen-bond acceptors (Lipinski definition) is 2. The summed E-state index contributed by atoms with van der Waals surface area (Å²) in [6.45, 7) is 15.8. The first-order valence-corrected chi connectivity index (χ1v) is 9.34. The van der Waals surface area contributed by atoms with Crippen molar-refractivity contribution in [1.29, 1.82) is 0 Å². The van der Waals surface area contributed by atoms with Gasteiger partial charge in [0.05, 0.1) is 0 Å². The van der Waals surface area contributed by atoms with E-state index in [9.17, 15) is 4.21 Å². The number of nitrogens with one attached hydrogen (secondary N) is 1. The first kappa shape index (κ1) is 18.4. The van der Waals surface area contributed by atoms with E-state index in [0.717, 1.165) is 6.54 Å². The molecule has 2 nitrogen and oxygen atoms in total. The van der Waals surface area contributed by atoms with E-state index in [0.29, 0.717) is 11.7 Å². The Kier molecular flexibility index (Phi) is 7.08. The quantitative estimate of drug-likeness (QED) is 0.823. The molecule has 0 radical (unpaired) electrons. The van der Waals surface area contributed by atoms with Gasteiger partial charge in [-0.25, -0.2) is 0 Å². The van der Waals surface area contributed by atoms with E-state index in [1.165, 1.54) is 22.3 Å². The molecule has 1 rings (SSSR count). The Hall–Kier alpha value is -0.670. The molecule has 21 heavy (non-hydrogen) atoms. The normalized spacial score (nSPS) is 16.0. The summed E-state index contributed by atoms with van der Waals surface area (Å²) in [6.07, 6.45) is 0. The summed E-state index contributed by atoms with van der Waals surface area (Å²) in [6, 6.07) is 4.63. The molecule has 1 aromatic carbocycles. The number of benzene rings is 1. The van der Waals surface area contributed by atoms with Crippen LogP contribution in [0.25, 0.3) is 0 Å². The van der Waals surface area contributed by atoms with Gasteiger partial charge in [-0.15, -0.1) is 0 Å². The standard InChI is InChI=1S/C18H31NOS/c1-8-19-17(11-21(20)16(7)12(2)3)18-14(5)9-13(4)10-15(18)6/h9-10,12,16-17,19H,8,11H2,1-7H3. The maximum atomic E-state index is 12.6. The Bertz CT molecular complexity index is 473. The average Bonchev–Trinajstić information content (AvgIpc) is 2.36. The van der Waals surface area contributed by atoms with Crippen LogP contribution in [0, 0.1) is 26.7 Å². The molecule has 1 aromatic rings. The lowest BCUT2D eigenvalue weighted by atomic mass is 9.95. The molecule has 3 heteroatoms. The van der Waals surface area contributed by atoms with Crippen molar-refractivity contribution >= 4 is 10.8 Å². The lowest BCUT2D eigenvalue weighted by Gasteiger charge is -2.25. The third-order valence-electron chi connectivity index (χ3n) is 4.22. The molecule has 0 heterocycles. The van der Waals surface area contributed by atoms with Crippen LogP contribution in [0.4, 0.5) is 0 Å². The lowest BCUT2D eigenvalue weighted by Crippen LogP contribution is -2.31. The zero-order chi connectivity index (χ0) is 16.2. The van der Waals surface area contributed by atoms with Crippen LogP contribution in [0.2, 0.25) is 0 Å². The van der Waals surface area contributed by atoms with Crippen molar-refractivity contribution in [2.75, 3.05) is 12.3 Å². The van der Waals surface area contributed by atoms with Crippen LogP contribution >= 0.6 is 0 Å². The Morgan fingerprint density at radius 3 is 2.05 bits per heavy atom. The van der Waals surface area contributed by atoms with E-state index in [2.05, 4.69) is 65.9 Å². The van der Waals surface area contributed by atoms with Gasteiger partial charge in [0, 0.05) is 27.8 Å². The molecule has 0 aliphatic carbocycles. The maximum Gasteiger partial charge on any atom is 0.0442 e. The molecule has 0 aliphatic heterocycles. The van der Waals surface area contributed by atoms with Crippen LogP contribution in [-0.4, -0.2) is 21.8 Å². The monoisotopic (exact) mass is 309 g/mol. The molecular weight excluding hydrogens is 278 g/mol. The molecule has 0 fully saturated rings. The second-order valence-electron chi connectivity index (χ2n) is 6.42. The highest BCUT2D eigenvalue weighted by Crippen LogP contribution is 2.25. The molecule has 0 spiro atoms. The van der Waals surface area contributed by atoms with Gasteiger partial charge in [0.2, 0.25) is 0 Å². The molecule has 0 amide bonds. The molecule has 3 atom stereocenters. The minimum Gasteiger partial charge on any atom is -0.309 e. The van der Waals surface area contributed by atoms with Gasteiger partial charge in [-0.05, 0) is 49.9 Å². The van der Waals surface area contributed by atoms with Crippen molar-refractivity contribution in [3.05, 3.63) is 34.4 Å². The topological polar surface area (TPSA) is 29.1 Å². The number of rotatable bonds is 7. The van der Waals surface area contributed by atoms with Gasteiger partial charge in [0.25, 0.3) is 0 Å². The van der Waals surface area contributed by atoms with E-state index in [1.54, 1.807) is 0 Å². The van der Waals surface area contributed by atoms with Gasteiger partial charge in [-0.3, -0.25) is 4.21 Å². The summed E-state index contributed by atoms with van der Waals surface area (Å²) in [5.74, 6) is 1.14. The highest BCUT2D eigenvalue weighted by molar-refractivity contribution is 7.85. The predicted octanol–water partition coefficient (Wildman–Crippen LogP) is 4.06. The van der Waals surface area contributed by atoms with Crippen LogP contribution in [-0.2, 0) is 10.8 Å². The molecule has 0 aromatic heterocycles. The fourth-order valence-corrected chi connectivity index (χ4v) is 4.37. The summed E-state index contributed by atoms with van der Waals surface area (Å²) in [7, 11) is -0.811. The molecule has 0 bridgehead atoms. The van der Waals surface area contributed by atoms with Crippen molar-refractivity contribution in [2.45, 2.75) is 59.8 Å². The van der Waals surface area contributed by atoms with E-state index in [-0.39, 0.29) is 11.3 Å². The van der Waals surface area contributed by atoms with Gasteiger partial charge in [0.1, 0.15) is 0 Å². The third-order valence-corrected chi connectivity index (χ3v) is 6.26. The van der Waals surface area contributed by atoms with Crippen LogP contribution < -0.4 is 5.32 Å². The summed E-state index contributed by atoms with van der Waals surface area (Å²) < 4.78 is 12.6. The summed E-state index contributed by atoms with van der Waals surface area (Å²) in [4.78, 5) is 0. The second-order valence-corrected chi connectivity index (χ2v) is 8.26. The Morgan fingerprint density at radius 2 is 1.62 bits per heavy atom. The zero-order valence-corrected chi connectivity index (χ0v) is 15.4. The first-order valence-electron chi connectivity index (χ1n) is 7.96. The van der Waals surface area contributed by atoms with Crippen LogP contribution in [0.1, 0.15) is 56.0 Å². The van der Waals surface area contributed by atoms with E-state index in [4.69, 9.17) is 0 Å². The van der Waals surface area contributed by atoms with Crippen molar-refractivity contribution in [1.82, 2.24) is 5.32 Å². The number of hydrogen-bond donors (Lipinski definition) is 1. The average molecular weight is 310 g/mol. The molecule has 3 unspecified atom stereocenters. The number of aryl methyl sites for hydroxylation is 3. The maximum absolute atomic E-state index is 12.6. The lowest BCUT2D eigenvalue weighted by molar-refractivity contribution is 0.570. The molecule has 0 aliphatic rings. The van der Waals surface area contributed by atoms with E-state index >= 15 is 0 Å². The predicted molar refractivity (Wildman–Crippen MR) is 94.4 cm³/mol. The largest absolute Gasteiger partial charge is 0.309 e. The minimum atomic E-state index is -0.811. The smallest absolute Gasteiger partial charge is 0.0442 e. The molecule has 0 saturated heterocycles. The van der Waals surface area contributed by atoms with Crippen molar-refractivity contribution < 1.29 is 4.21 Å². The van der Waals surface area contributed by atoms with Gasteiger partial charge in [-0.2, -0.15) is 0 Å². The second kappa shape index (κ2) is 8.09. The highest BCUT2D eigenvalue weighted by Gasteiger charge is 2.22. The van der Waals surface area contributed by atoms with Gasteiger partial charge >= 0.3 is 0 Å². The summed E-state index contributed by atoms with van der Waals surface area (Å²) >= 11 is 0. The Balaban J connectivity index is 3.05. The van der Waals surface area contributed by atoms with Crippen molar-refractivity contribution in [3.8, 4) is 0 Å². The van der Waals surface area contributed by atoms with Crippen LogP contribution in [0.5, 0.6) is 0 Å². The molecule has 120 valence electrons. The Labute approximate surface area is 133 Å². The highest BCUT2D eigenvalue weighted by atomic mass is 32.2. The fraction of sp³-hybridized carbons (Fsp3) is 0.667. The van der Waals surface area contributed by atoms with Gasteiger partial charge < -0.3 is 5.32 Å². The minimum absolute atomic E-state index is 0.178. The van der Waals surface area contributed by atoms with E-state index < -0.39 is 10.8 Å². The van der Waals surface area contributed by atoms with Crippen LogP contribution in [0.3, 0.4) is 0 Å². The Morgan fingerprint density at radius 1 is 1.10 bits per heavy atom. The van der Waals surface area contributed by atoms with Crippen molar-refractivity contribution in [2.24, 2.45) is 5.92 Å². The van der Waals surface area contributed by atoms with Gasteiger partial charge in [0.15, 0.2) is 0 Å². The fourth-order valence-electron chi connectivity index (χ4n) is 2.85. The SMILES string of the molecule is CCNC(CS(=O)C(C)C(C)C)c1c(C)cc(C)cc1C. The van der Waals surface area contributed by atoms with Gasteiger partial charge in [-0.1, -0.05) is 45.4 Å².